The Kier molecular flexibility index (Phi) is 2.97. The van der Waals surface area contributed by atoms with Crippen LogP contribution in [0.15, 0.2) is 63.5 Å². The number of rotatable bonds is 2. The number of aromatic amines is 1. The van der Waals surface area contributed by atoms with E-state index in [1.165, 1.54) is 24.2 Å². The lowest BCUT2D eigenvalue weighted by molar-refractivity contribution is 0.481. The summed E-state index contributed by atoms with van der Waals surface area (Å²) >= 11 is 1.40. The van der Waals surface area contributed by atoms with Crippen molar-refractivity contribution in [1.29, 1.82) is 0 Å². The van der Waals surface area contributed by atoms with Crippen molar-refractivity contribution in [2.75, 3.05) is 0 Å². The second-order valence-electron chi connectivity index (χ2n) is 3.98. The van der Waals surface area contributed by atoms with Gasteiger partial charge in [-0.3, -0.25) is 4.79 Å². The van der Waals surface area contributed by atoms with Gasteiger partial charge >= 0.3 is 0 Å². The van der Waals surface area contributed by atoms with Gasteiger partial charge in [0.15, 0.2) is 0 Å². The Morgan fingerprint density at radius 3 is 2.68 bits per heavy atom. The molecule has 0 saturated carbocycles. The van der Waals surface area contributed by atoms with Crippen LogP contribution in [0.25, 0.3) is 10.8 Å². The highest BCUT2D eigenvalue weighted by atomic mass is 32.2. The molecule has 0 atom stereocenters. The lowest BCUT2D eigenvalue weighted by atomic mass is 10.1. The second-order valence-corrected chi connectivity index (χ2v) is 5.04. The molecule has 0 spiro atoms. The van der Waals surface area contributed by atoms with E-state index in [1.54, 1.807) is 6.07 Å². The van der Waals surface area contributed by atoms with Crippen molar-refractivity contribution in [1.82, 2.24) is 9.97 Å². The molecule has 0 unspecified atom stereocenters. The lowest BCUT2D eigenvalue weighted by Gasteiger charge is -2.06. The smallest absolute Gasteiger partial charge is 0.251 e. The zero-order valence-electron chi connectivity index (χ0n) is 9.83. The molecular weight excluding hydrogens is 260 g/mol. The van der Waals surface area contributed by atoms with E-state index in [4.69, 9.17) is 0 Å². The fourth-order valence-corrected chi connectivity index (χ4v) is 2.78. The Morgan fingerprint density at radius 2 is 1.89 bits per heavy atom. The van der Waals surface area contributed by atoms with Crippen LogP contribution >= 0.6 is 11.8 Å². The van der Waals surface area contributed by atoms with Gasteiger partial charge in [0.2, 0.25) is 0 Å². The third-order valence-corrected chi connectivity index (χ3v) is 3.74. The molecule has 2 N–H and O–H groups in total. The summed E-state index contributed by atoms with van der Waals surface area (Å²) in [4.78, 5) is 18.8. The predicted octanol–water partition coefficient (Wildman–Crippen LogP) is 2.78. The maximum absolute atomic E-state index is 11.2. The minimum Gasteiger partial charge on any atom is -0.507 e. The van der Waals surface area contributed by atoms with E-state index in [0.29, 0.717) is 5.03 Å². The summed E-state index contributed by atoms with van der Waals surface area (Å²) in [5, 5.41) is 12.2. The number of aromatic hydroxyl groups is 1. The SMILES string of the molecule is O=c1cc(Sc2ccc(O)c3ccccc23)nc[nH]1. The fourth-order valence-electron chi connectivity index (χ4n) is 1.86. The molecular formula is C14H10N2O2S. The van der Waals surface area contributed by atoms with Crippen molar-refractivity contribution < 1.29 is 5.11 Å². The number of phenolic OH excluding ortho intramolecular Hbond substituents is 1. The standard InChI is InChI=1S/C14H10N2O2S/c17-11-5-6-12(10-4-2-1-3-9(10)11)19-14-7-13(18)15-8-16-14/h1-8,17H,(H,15,16,18). The quantitative estimate of drug-likeness (QED) is 0.703. The Labute approximate surface area is 113 Å². The van der Waals surface area contributed by atoms with Crippen LogP contribution in [0.2, 0.25) is 0 Å². The van der Waals surface area contributed by atoms with Gasteiger partial charge in [-0.1, -0.05) is 36.0 Å². The highest BCUT2D eigenvalue weighted by Crippen LogP contribution is 2.35. The molecule has 4 nitrogen and oxygen atoms in total. The van der Waals surface area contributed by atoms with Gasteiger partial charge in [0.05, 0.1) is 6.33 Å². The molecule has 0 fully saturated rings. The van der Waals surface area contributed by atoms with Crippen molar-refractivity contribution in [3.05, 3.63) is 59.1 Å². The molecule has 19 heavy (non-hydrogen) atoms. The molecule has 0 saturated heterocycles. The predicted molar refractivity (Wildman–Crippen MR) is 74.6 cm³/mol. The molecule has 0 aliphatic rings. The molecule has 5 heteroatoms. The average Bonchev–Trinajstić information content (AvgIpc) is 2.42. The van der Waals surface area contributed by atoms with Crippen molar-refractivity contribution in [2.45, 2.75) is 9.92 Å². The summed E-state index contributed by atoms with van der Waals surface area (Å²) in [5.41, 5.74) is -0.180. The molecule has 0 bridgehead atoms. The lowest BCUT2D eigenvalue weighted by Crippen LogP contribution is -2.03. The normalized spacial score (nSPS) is 10.7. The largest absolute Gasteiger partial charge is 0.507 e. The first kappa shape index (κ1) is 11.8. The Hall–Kier alpha value is -2.27. The van der Waals surface area contributed by atoms with Crippen molar-refractivity contribution in [2.24, 2.45) is 0 Å². The van der Waals surface area contributed by atoms with Gasteiger partial charge in [0.1, 0.15) is 10.8 Å². The highest BCUT2D eigenvalue weighted by molar-refractivity contribution is 7.99. The van der Waals surface area contributed by atoms with E-state index in [1.807, 2.05) is 30.3 Å². The topological polar surface area (TPSA) is 66.0 Å². The minimum atomic E-state index is -0.180. The third kappa shape index (κ3) is 2.32. The highest BCUT2D eigenvalue weighted by Gasteiger charge is 2.07. The maximum Gasteiger partial charge on any atom is 0.251 e. The van der Waals surface area contributed by atoms with E-state index >= 15 is 0 Å². The van der Waals surface area contributed by atoms with Crippen LogP contribution in [-0.2, 0) is 0 Å². The summed E-state index contributed by atoms with van der Waals surface area (Å²) in [7, 11) is 0. The molecule has 0 aliphatic carbocycles. The first-order valence-corrected chi connectivity index (χ1v) is 6.49. The van der Waals surface area contributed by atoms with E-state index in [2.05, 4.69) is 9.97 Å². The van der Waals surface area contributed by atoms with Gasteiger partial charge in [-0.05, 0) is 17.5 Å². The number of benzene rings is 2. The van der Waals surface area contributed by atoms with Crippen molar-refractivity contribution in [3.63, 3.8) is 0 Å². The first-order chi connectivity index (χ1) is 9.24. The van der Waals surface area contributed by atoms with Crippen LogP contribution in [-0.4, -0.2) is 15.1 Å². The summed E-state index contributed by atoms with van der Waals surface area (Å²) in [5.74, 6) is 0.249. The minimum absolute atomic E-state index is 0.180. The maximum atomic E-state index is 11.2. The van der Waals surface area contributed by atoms with E-state index < -0.39 is 0 Å². The van der Waals surface area contributed by atoms with Gasteiger partial charge in [-0.2, -0.15) is 0 Å². The number of phenols is 1. The number of aromatic nitrogens is 2. The van der Waals surface area contributed by atoms with Crippen molar-refractivity contribution in [3.8, 4) is 5.75 Å². The van der Waals surface area contributed by atoms with Crippen LogP contribution in [0.4, 0.5) is 0 Å². The van der Waals surface area contributed by atoms with Crippen LogP contribution < -0.4 is 5.56 Å². The first-order valence-electron chi connectivity index (χ1n) is 5.67. The van der Waals surface area contributed by atoms with E-state index in [-0.39, 0.29) is 11.3 Å². The number of fused-ring (bicyclic) bond motifs is 1. The van der Waals surface area contributed by atoms with Gasteiger partial charge in [-0.15, -0.1) is 0 Å². The van der Waals surface area contributed by atoms with Gasteiger partial charge in [-0.25, -0.2) is 4.98 Å². The van der Waals surface area contributed by atoms with Gasteiger partial charge < -0.3 is 10.1 Å². The Balaban J connectivity index is 2.11. The molecule has 0 amide bonds. The van der Waals surface area contributed by atoms with Crippen molar-refractivity contribution >= 4 is 22.5 Å². The van der Waals surface area contributed by atoms with Crippen LogP contribution in [0.3, 0.4) is 0 Å². The summed E-state index contributed by atoms with van der Waals surface area (Å²) < 4.78 is 0. The number of hydrogen-bond donors (Lipinski definition) is 2. The average molecular weight is 270 g/mol. The summed E-state index contributed by atoms with van der Waals surface area (Å²) in [6, 6.07) is 12.5. The van der Waals surface area contributed by atoms with Crippen LogP contribution in [0.5, 0.6) is 5.75 Å². The number of nitrogens with zero attached hydrogens (tertiary/aromatic N) is 1. The monoisotopic (exact) mass is 270 g/mol. The molecule has 3 rings (SSSR count). The van der Waals surface area contributed by atoms with Crippen LogP contribution in [0, 0.1) is 0 Å². The van der Waals surface area contributed by atoms with Crippen LogP contribution in [0.1, 0.15) is 0 Å². The fraction of sp³-hybridized carbons (Fsp3) is 0. The Bertz CT molecular complexity index is 799. The molecule has 94 valence electrons. The zero-order valence-corrected chi connectivity index (χ0v) is 10.6. The van der Waals surface area contributed by atoms with E-state index in [0.717, 1.165) is 15.7 Å². The van der Waals surface area contributed by atoms with E-state index in [9.17, 15) is 9.90 Å². The molecule has 0 aliphatic heterocycles. The number of hydrogen-bond acceptors (Lipinski definition) is 4. The molecule has 1 heterocycles. The second kappa shape index (κ2) is 4.78. The molecule has 2 aromatic carbocycles. The summed E-state index contributed by atoms with van der Waals surface area (Å²) in [6.07, 6.45) is 1.38. The Morgan fingerprint density at radius 1 is 1.11 bits per heavy atom. The van der Waals surface area contributed by atoms with Gasteiger partial charge in [0.25, 0.3) is 5.56 Å². The summed E-state index contributed by atoms with van der Waals surface area (Å²) in [6.45, 7) is 0. The molecule has 1 aromatic heterocycles. The molecule has 0 radical (unpaired) electrons. The number of H-pyrrole nitrogens is 1. The third-order valence-electron chi connectivity index (χ3n) is 2.73. The van der Waals surface area contributed by atoms with Gasteiger partial charge in [0, 0.05) is 16.3 Å². The zero-order chi connectivity index (χ0) is 13.2. The number of nitrogens with one attached hydrogen (secondary N) is 1. The molecule has 3 aromatic rings.